The van der Waals surface area contributed by atoms with Crippen LogP contribution in [-0.4, -0.2) is 35.6 Å². The summed E-state index contributed by atoms with van der Waals surface area (Å²) in [5, 5.41) is 18.6. The van der Waals surface area contributed by atoms with E-state index in [-0.39, 0.29) is 17.4 Å². The van der Waals surface area contributed by atoms with Crippen molar-refractivity contribution in [3.8, 4) is 22.9 Å². The SMILES string of the molecule is CC(C)[C@@H](NS(=O)(=O)c1ccc(-c2ccc(COc3cccc(O)n3)cc2)cc1)C(=O)O. The first-order valence-electron chi connectivity index (χ1n) is 9.89. The topological polar surface area (TPSA) is 126 Å². The molecule has 0 saturated carbocycles. The Labute approximate surface area is 186 Å². The van der Waals surface area contributed by atoms with Gasteiger partial charge in [0.15, 0.2) is 0 Å². The number of hydrogen-bond donors (Lipinski definition) is 3. The molecule has 9 heteroatoms. The van der Waals surface area contributed by atoms with Crippen molar-refractivity contribution in [3.05, 3.63) is 72.3 Å². The van der Waals surface area contributed by atoms with Crippen molar-refractivity contribution >= 4 is 16.0 Å². The molecule has 0 unspecified atom stereocenters. The molecule has 3 rings (SSSR count). The largest absolute Gasteiger partial charge is 0.493 e. The highest BCUT2D eigenvalue weighted by Gasteiger charge is 2.27. The fraction of sp³-hybridized carbons (Fsp3) is 0.217. The van der Waals surface area contributed by atoms with Gasteiger partial charge in [0.1, 0.15) is 12.6 Å². The number of benzene rings is 2. The minimum absolute atomic E-state index is 0.00298. The van der Waals surface area contributed by atoms with Crippen molar-refractivity contribution in [3.63, 3.8) is 0 Å². The van der Waals surface area contributed by atoms with Gasteiger partial charge < -0.3 is 14.9 Å². The average molecular weight is 457 g/mol. The van der Waals surface area contributed by atoms with E-state index in [1.165, 1.54) is 18.2 Å². The summed E-state index contributed by atoms with van der Waals surface area (Å²) in [6, 6.07) is 17.3. The van der Waals surface area contributed by atoms with Crippen LogP contribution in [0.3, 0.4) is 0 Å². The summed E-state index contributed by atoms with van der Waals surface area (Å²) in [4.78, 5) is 15.2. The van der Waals surface area contributed by atoms with Crippen molar-refractivity contribution in [2.45, 2.75) is 31.4 Å². The first kappa shape index (κ1) is 23.2. The van der Waals surface area contributed by atoms with Crippen molar-refractivity contribution in [1.82, 2.24) is 9.71 Å². The fourth-order valence-electron chi connectivity index (χ4n) is 2.97. The first-order valence-corrected chi connectivity index (χ1v) is 11.4. The van der Waals surface area contributed by atoms with E-state index in [4.69, 9.17) is 4.74 Å². The Hall–Kier alpha value is -3.43. The number of carboxylic acid groups (broad SMARTS) is 1. The lowest BCUT2D eigenvalue weighted by molar-refractivity contribution is -0.140. The summed E-state index contributed by atoms with van der Waals surface area (Å²) in [5.74, 6) is -1.40. The van der Waals surface area contributed by atoms with Crippen LogP contribution in [0.15, 0.2) is 71.6 Å². The van der Waals surface area contributed by atoms with E-state index in [9.17, 15) is 23.4 Å². The lowest BCUT2D eigenvalue weighted by Crippen LogP contribution is -2.44. The Balaban J connectivity index is 1.68. The van der Waals surface area contributed by atoms with Crippen LogP contribution in [0.1, 0.15) is 19.4 Å². The first-order chi connectivity index (χ1) is 15.2. The van der Waals surface area contributed by atoms with Crippen LogP contribution in [-0.2, 0) is 21.4 Å². The lowest BCUT2D eigenvalue weighted by atomic mass is 10.0. The minimum Gasteiger partial charge on any atom is -0.493 e. The maximum atomic E-state index is 12.5. The monoisotopic (exact) mass is 456 g/mol. The number of aromatic hydroxyl groups is 1. The molecule has 0 saturated heterocycles. The summed E-state index contributed by atoms with van der Waals surface area (Å²) in [5.41, 5.74) is 2.59. The molecule has 3 N–H and O–H groups in total. The predicted octanol–water partition coefficient (Wildman–Crippen LogP) is 3.42. The average Bonchev–Trinajstić information content (AvgIpc) is 2.76. The zero-order chi connectivity index (χ0) is 23.3. The smallest absolute Gasteiger partial charge is 0.322 e. The van der Waals surface area contributed by atoms with Crippen molar-refractivity contribution in [2.75, 3.05) is 0 Å². The number of carboxylic acids is 1. The molecule has 1 aromatic heterocycles. The predicted molar refractivity (Wildman–Crippen MR) is 119 cm³/mol. The molecule has 32 heavy (non-hydrogen) atoms. The normalized spacial score (nSPS) is 12.5. The number of nitrogens with one attached hydrogen (secondary N) is 1. The second-order valence-corrected chi connectivity index (χ2v) is 9.24. The van der Waals surface area contributed by atoms with Gasteiger partial charge in [-0.05, 0) is 34.7 Å². The number of ether oxygens (including phenoxy) is 1. The van der Waals surface area contributed by atoms with Gasteiger partial charge in [0, 0.05) is 12.1 Å². The molecule has 0 bridgehead atoms. The zero-order valence-electron chi connectivity index (χ0n) is 17.6. The summed E-state index contributed by atoms with van der Waals surface area (Å²) in [7, 11) is -3.96. The summed E-state index contributed by atoms with van der Waals surface area (Å²) in [6.07, 6.45) is 0. The fourth-order valence-corrected chi connectivity index (χ4v) is 4.31. The molecule has 168 valence electrons. The summed E-state index contributed by atoms with van der Waals surface area (Å²) >= 11 is 0. The molecule has 0 fully saturated rings. The van der Waals surface area contributed by atoms with Crippen LogP contribution >= 0.6 is 0 Å². The van der Waals surface area contributed by atoms with Crippen LogP contribution in [0.5, 0.6) is 11.8 Å². The van der Waals surface area contributed by atoms with Crippen molar-refractivity contribution in [1.29, 1.82) is 0 Å². The van der Waals surface area contributed by atoms with Crippen molar-refractivity contribution < 1.29 is 28.2 Å². The van der Waals surface area contributed by atoms with E-state index < -0.39 is 28.0 Å². The van der Waals surface area contributed by atoms with Crippen LogP contribution in [0.4, 0.5) is 0 Å². The number of rotatable bonds is 9. The van der Waals surface area contributed by atoms with E-state index in [0.717, 1.165) is 16.7 Å². The highest BCUT2D eigenvalue weighted by molar-refractivity contribution is 7.89. The van der Waals surface area contributed by atoms with Gasteiger partial charge in [-0.15, -0.1) is 0 Å². The maximum absolute atomic E-state index is 12.5. The molecular formula is C23H24N2O6S. The molecule has 0 aliphatic rings. The molecule has 0 aliphatic carbocycles. The number of nitrogens with zero attached hydrogens (tertiary/aromatic N) is 1. The molecular weight excluding hydrogens is 432 g/mol. The van der Waals surface area contributed by atoms with Gasteiger partial charge in [-0.25, -0.2) is 8.42 Å². The Morgan fingerprint density at radius 3 is 2.12 bits per heavy atom. The Kier molecular flexibility index (Phi) is 7.12. The third-order valence-electron chi connectivity index (χ3n) is 4.76. The highest BCUT2D eigenvalue weighted by atomic mass is 32.2. The van der Waals surface area contributed by atoms with Gasteiger partial charge in [0.25, 0.3) is 0 Å². The zero-order valence-corrected chi connectivity index (χ0v) is 18.4. The van der Waals surface area contributed by atoms with E-state index in [2.05, 4.69) is 9.71 Å². The van der Waals surface area contributed by atoms with Crippen LogP contribution < -0.4 is 9.46 Å². The molecule has 8 nitrogen and oxygen atoms in total. The second-order valence-electron chi connectivity index (χ2n) is 7.53. The molecule has 1 atom stereocenters. The molecule has 0 aliphatic heterocycles. The second kappa shape index (κ2) is 9.80. The maximum Gasteiger partial charge on any atom is 0.322 e. The van der Waals surface area contributed by atoms with E-state index in [0.29, 0.717) is 5.88 Å². The minimum atomic E-state index is -3.96. The van der Waals surface area contributed by atoms with Crippen molar-refractivity contribution in [2.24, 2.45) is 5.92 Å². The molecule has 0 amide bonds. The highest BCUT2D eigenvalue weighted by Crippen LogP contribution is 2.23. The number of aromatic nitrogens is 1. The van der Waals surface area contributed by atoms with E-state index in [1.807, 2.05) is 24.3 Å². The lowest BCUT2D eigenvalue weighted by Gasteiger charge is -2.18. The quantitative estimate of drug-likeness (QED) is 0.450. The van der Waals surface area contributed by atoms with Gasteiger partial charge in [-0.2, -0.15) is 9.71 Å². The molecule has 0 spiro atoms. The van der Waals surface area contributed by atoms with E-state index in [1.54, 1.807) is 38.1 Å². The van der Waals surface area contributed by atoms with Gasteiger partial charge in [0.05, 0.1) is 4.90 Å². The molecule has 3 aromatic rings. The van der Waals surface area contributed by atoms with E-state index >= 15 is 0 Å². The van der Waals surface area contributed by atoms with Crippen LogP contribution in [0.25, 0.3) is 11.1 Å². The third-order valence-corrected chi connectivity index (χ3v) is 6.22. The number of carbonyl (C=O) groups is 1. The van der Waals surface area contributed by atoms with Crippen LogP contribution in [0, 0.1) is 5.92 Å². The van der Waals surface area contributed by atoms with Crippen LogP contribution in [0.2, 0.25) is 0 Å². The molecule has 2 aromatic carbocycles. The Bertz CT molecular complexity index is 1180. The van der Waals surface area contributed by atoms with Gasteiger partial charge in [0.2, 0.25) is 21.8 Å². The molecule has 1 heterocycles. The van der Waals surface area contributed by atoms with Gasteiger partial charge in [-0.3, -0.25) is 4.79 Å². The number of pyridine rings is 1. The number of hydrogen-bond acceptors (Lipinski definition) is 6. The Morgan fingerprint density at radius 2 is 1.59 bits per heavy atom. The van der Waals surface area contributed by atoms with Gasteiger partial charge >= 0.3 is 5.97 Å². The van der Waals surface area contributed by atoms with Gasteiger partial charge in [-0.1, -0.05) is 56.3 Å². The number of sulfonamides is 1. The summed E-state index contributed by atoms with van der Waals surface area (Å²) < 4.78 is 32.9. The summed E-state index contributed by atoms with van der Waals surface area (Å²) in [6.45, 7) is 3.55. The third kappa shape index (κ3) is 5.83. The molecule has 0 radical (unpaired) electrons. The Morgan fingerprint density at radius 1 is 1.00 bits per heavy atom. The number of aliphatic carboxylic acids is 1. The standard InChI is InChI=1S/C23H24N2O6S/c1-15(2)22(23(27)28)25-32(29,30)19-12-10-18(11-13-19)17-8-6-16(7-9-17)14-31-21-5-3-4-20(26)24-21/h3-13,15,22,25H,14H2,1-2H3,(H,24,26)(H,27,28)/t22-/m1/s1.